The first-order chi connectivity index (χ1) is 13.2. The van der Waals surface area contributed by atoms with Gasteiger partial charge >= 0.3 is 0 Å². The van der Waals surface area contributed by atoms with Crippen molar-refractivity contribution in [2.75, 3.05) is 14.2 Å². The topological polar surface area (TPSA) is 54.3 Å². The number of ether oxygens (including phenoxy) is 2. The van der Waals surface area contributed by atoms with Crippen LogP contribution in [0.15, 0.2) is 78.9 Å². The van der Waals surface area contributed by atoms with Crippen molar-refractivity contribution in [3.63, 3.8) is 0 Å². The van der Waals surface area contributed by atoms with Crippen LogP contribution in [0.2, 0.25) is 0 Å². The summed E-state index contributed by atoms with van der Waals surface area (Å²) in [6, 6.07) is 27.3. The molecule has 3 rings (SSSR count). The van der Waals surface area contributed by atoms with Crippen LogP contribution in [0.1, 0.15) is 28.8 Å². The van der Waals surface area contributed by atoms with Crippen LogP contribution in [-0.4, -0.2) is 14.2 Å². The molecule has 3 aromatic rings. The predicted octanol–water partition coefficient (Wildman–Crippen LogP) is 4.65. The number of nitrogens with one attached hydrogen (secondary N) is 1. The third kappa shape index (κ3) is 4.46. The van der Waals surface area contributed by atoms with Gasteiger partial charge in [-0.25, -0.2) is 0 Å². The van der Waals surface area contributed by atoms with Crippen LogP contribution in [0.4, 0.5) is 0 Å². The molecule has 0 saturated heterocycles. The lowest BCUT2D eigenvalue weighted by Gasteiger charge is -2.23. The minimum absolute atomic E-state index is 0.147. The molecule has 1 N–H and O–H groups in total. The highest BCUT2D eigenvalue weighted by Crippen LogP contribution is 2.28. The third-order valence-electron chi connectivity index (χ3n) is 4.49. The molecular formula is C23H22N2O2. The van der Waals surface area contributed by atoms with Crippen LogP contribution in [0.3, 0.4) is 0 Å². The fourth-order valence-corrected chi connectivity index (χ4v) is 3.00. The number of rotatable bonds is 7. The van der Waals surface area contributed by atoms with Gasteiger partial charge in [-0.2, -0.15) is 5.26 Å². The summed E-state index contributed by atoms with van der Waals surface area (Å²) < 4.78 is 10.5. The Balaban J connectivity index is 1.96. The molecule has 0 spiro atoms. The van der Waals surface area contributed by atoms with Gasteiger partial charge in [0, 0.05) is 0 Å². The van der Waals surface area contributed by atoms with Gasteiger partial charge in [-0.3, -0.25) is 5.32 Å². The number of hydrogen-bond acceptors (Lipinski definition) is 4. The SMILES string of the molecule is COc1ccc(C(N[C@@H](C#N)c2ccccc2)c2ccc(OC)cc2)cc1. The van der Waals surface area contributed by atoms with Gasteiger partial charge in [0.2, 0.25) is 0 Å². The van der Waals surface area contributed by atoms with Crippen LogP contribution in [-0.2, 0) is 0 Å². The van der Waals surface area contributed by atoms with E-state index < -0.39 is 6.04 Å². The second-order valence-corrected chi connectivity index (χ2v) is 6.12. The summed E-state index contributed by atoms with van der Waals surface area (Å²) in [6.07, 6.45) is 0. The summed E-state index contributed by atoms with van der Waals surface area (Å²) >= 11 is 0. The van der Waals surface area contributed by atoms with Crippen LogP contribution in [0.25, 0.3) is 0 Å². The number of nitriles is 1. The maximum absolute atomic E-state index is 9.73. The average Bonchev–Trinajstić information content (AvgIpc) is 2.75. The molecule has 0 aliphatic heterocycles. The molecular weight excluding hydrogens is 336 g/mol. The maximum Gasteiger partial charge on any atom is 0.122 e. The van der Waals surface area contributed by atoms with E-state index in [2.05, 4.69) is 11.4 Å². The fraction of sp³-hybridized carbons (Fsp3) is 0.174. The Morgan fingerprint density at radius 2 is 1.19 bits per heavy atom. The largest absolute Gasteiger partial charge is 0.497 e. The zero-order valence-electron chi connectivity index (χ0n) is 15.4. The number of hydrogen-bond donors (Lipinski definition) is 1. The minimum Gasteiger partial charge on any atom is -0.497 e. The van der Waals surface area contributed by atoms with Crippen molar-refractivity contribution in [3.8, 4) is 17.6 Å². The van der Waals surface area contributed by atoms with Crippen molar-refractivity contribution < 1.29 is 9.47 Å². The highest BCUT2D eigenvalue weighted by atomic mass is 16.5. The van der Waals surface area contributed by atoms with E-state index in [9.17, 15) is 5.26 Å². The number of nitrogens with zero attached hydrogens (tertiary/aromatic N) is 1. The van der Waals surface area contributed by atoms with Crippen molar-refractivity contribution in [1.29, 1.82) is 5.26 Å². The molecule has 136 valence electrons. The number of methoxy groups -OCH3 is 2. The first kappa shape index (κ1) is 18.5. The summed E-state index contributed by atoms with van der Waals surface area (Å²) in [4.78, 5) is 0. The first-order valence-corrected chi connectivity index (χ1v) is 8.73. The molecule has 27 heavy (non-hydrogen) atoms. The Morgan fingerprint density at radius 1 is 0.704 bits per heavy atom. The summed E-state index contributed by atoms with van der Waals surface area (Å²) in [5.74, 6) is 1.60. The Bertz CT molecular complexity index is 837. The quantitative estimate of drug-likeness (QED) is 0.668. The molecule has 4 heteroatoms. The highest BCUT2D eigenvalue weighted by Gasteiger charge is 2.20. The van der Waals surface area contributed by atoms with E-state index in [0.29, 0.717) is 0 Å². The van der Waals surface area contributed by atoms with Gasteiger partial charge in [0.25, 0.3) is 0 Å². The van der Waals surface area contributed by atoms with E-state index in [1.807, 2.05) is 78.9 Å². The second kappa shape index (κ2) is 8.88. The fourth-order valence-electron chi connectivity index (χ4n) is 3.00. The summed E-state index contributed by atoms with van der Waals surface area (Å²) in [7, 11) is 3.30. The Morgan fingerprint density at radius 3 is 1.59 bits per heavy atom. The van der Waals surface area contributed by atoms with E-state index in [-0.39, 0.29) is 6.04 Å². The van der Waals surface area contributed by atoms with Gasteiger partial charge in [-0.1, -0.05) is 54.6 Å². The third-order valence-corrected chi connectivity index (χ3v) is 4.49. The highest BCUT2D eigenvalue weighted by molar-refractivity contribution is 5.39. The van der Waals surface area contributed by atoms with Crippen LogP contribution >= 0.6 is 0 Å². The summed E-state index contributed by atoms with van der Waals surface area (Å²) in [5, 5.41) is 13.2. The van der Waals surface area contributed by atoms with Crippen molar-refractivity contribution in [3.05, 3.63) is 95.6 Å². The van der Waals surface area contributed by atoms with Gasteiger partial charge in [-0.15, -0.1) is 0 Å². The van der Waals surface area contributed by atoms with E-state index >= 15 is 0 Å². The molecule has 0 fully saturated rings. The van der Waals surface area contributed by atoms with E-state index in [1.54, 1.807) is 14.2 Å². The van der Waals surface area contributed by atoms with Crippen molar-refractivity contribution in [2.45, 2.75) is 12.1 Å². The molecule has 0 aromatic heterocycles. The molecule has 0 bridgehead atoms. The number of benzene rings is 3. The standard InChI is InChI=1S/C23H22N2O2/c1-26-20-12-8-18(9-13-20)23(19-10-14-21(27-2)15-11-19)25-22(16-24)17-6-4-3-5-7-17/h3-15,22-23,25H,1-2H3/t22-/m0/s1. The summed E-state index contributed by atoms with van der Waals surface area (Å²) in [5.41, 5.74) is 3.04. The van der Waals surface area contributed by atoms with Crippen molar-refractivity contribution >= 4 is 0 Å². The molecule has 1 atom stereocenters. The van der Waals surface area contributed by atoms with Crippen molar-refractivity contribution in [1.82, 2.24) is 5.32 Å². The van der Waals surface area contributed by atoms with Crippen molar-refractivity contribution in [2.24, 2.45) is 0 Å². The molecule has 0 amide bonds. The first-order valence-electron chi connectivity index (χ1n) is 8.73. The van der Waals surface area contributed by atoms with E-state index in [1.165, 1.54) is 0 Å². The minimum atomic E-state index is -0.430. The zero-order chi connectivity index (χ0) is 19.1. The van der Waals surface area contributed by atoms with Gasteiger partial charge in [0.15, 0.2) is 0 Å². The van der Waals surface area contributed by atoms with E-state index in [4.69, 9.17) is 9.47 Å². The van der Waals surface area contributed by atoms with Gasteiger partial charge in [-0.05, 0) is 41.0 Å². The molecule has 0 aliphatic rings. The van der Waals surface area contributed by atoms with Gasteiger partial charge < -0.3 is 9.47 Å². The lowest BCUT2D eigenvalue weighted by atomic mass is 9.96. The van der Waals surface area contributed by atoms with Crippen LogP contribution < -0.4 is 14.8 Å². The molecule has 0 radical (unpaired) electrons. The zero-order valence-corrected chi connectivity index (χ0v) is 15.4. The van der Waals surface area contributed by atoms with E-state index in [0.717, 1.165) is 28.2 Å². The van der Waals surface area contributed by atoms with Gasteiger partial charge in [0.1, 0.15) is 17.5 Å². The Labute approximate surface area is 160 Å². The Hall–Kier alpha value is -3.29. The van der Waals surface area contributed by atoms with Crippen LogP contribution in [0.5, 0.6) is 11.5 Å². The van der Waals surface area contributed by atoms with Gasteiger partial charge in [0.05, 0.1) is 26.3 Å². The molecule has 0 unspecified atom stereocenters. The lowest BCUT2D eigenvalue weighted by molar-refractivity contribution is 0.414. The average molecular weight is 358 g/mol. The molecule has 4 nitrogen and oxygen atoms in total. The van der Waals surface area contributed by atoms with Crippen LogP contribution in [0, 0.1) is 11.3 Å². The lowest BCUT2D eigenvalue weighted by Crippen LogP contribution is -2.26. The summed E-state index contributed by atoms with van der Waals surface area (Å²) in [6.45, 7) is 0. The molecule has 0 heterocycles. The molecule has 3 aromatic carbocycles. The second-order valence-electron chi connectivity index (χ2n) is 6.12. The monoisotopic (exact) mass is 358 g/mol. The smallest absolute Gasteiger partial charge is 0.122 e. The maximum atomic E-state index is 9.73. The normalized spacial score (nSPS) is 11.6. The predicted molar refractivity (Wildman–Crippen MR) is 106 cm³/mol. The molecule has 0 saturated carbocycles. The molecule has 0 aliphatic carbocycles. The Kier molecular flexibility index (Phi) is 6.09.